The molecule has 2 aliphatic rings. The second-order valence-corrected chi connectivity index (χ2v) is 7.73. The number of carboxylic acid groups (broad SMARTS) is 1. The van der Waals surface area contributed by atoms with Gasteiger partial charge in [0.25, 0.3) is 0 Å². The molecule has 2 saturated heterocycles. The van der Waals surface area contributed by atoms with Crippen molar-refractivity contribution in [2.75, 3.05) is 18.0 Å². The second-order valence-electron chi connectivity index (χ2n) is 5.73. The van der Waals surface area contributed by atoms with Gasteiger partial charge < -0.3 is 21.1 Å². The van der Waals surface area contributed by atoms with Gasteiger partial charge in [-0.2, -0.15) is 0 Å². The molecule has 2 fully saturated rings. The van der Waals surface area contributed by atoms with Crippen molar-refractivity contribution in [3.8, 4) is 0 Å². The first kappa shape index (κ1) is 16.8. The Balaban J connectivity index is 1.61. The summed E-state index contributed by atoms with van der Waals surface area (Å²) in [5, 5.41) is 13.9. The van der Waals surface area contributed by atoms with Crippen LogP contribution in [0.25, 0.3) is 0 Å². The number of β-lactam (4-membered cyclic amide) rings is 1. The number of nitrogen functional groups attached to an aromatic ring is 1. The smallest absolute Gasteiger partial charge is 0.316 e. The highest BCUT2D eigenvalue weighted by Crippen LogP contribution is 2.42. The van der Waals surface area contributed by atoms with E-state index in [9.17, 15) is 19.5 Å². The molecular formula is C14H16N4O4S2. The Labute approximate surface area is 146 Å². The Hall–Kier alpha value is -2.07. The highest BCUT2D eigenvalue weighted by molar-refractivity contribution is 8.00. The van der Waals surface area contributed by atoms with Crippen LogP contribution in [0, 0.1) is 5.41 Å². The second kappa shape index (κ2) is 6.10. The van der Waals surface area contributed by atoms with Gasteiger partial charge in [-0.1, -0.05) is 6.08 Å². The number of fused-ring (bicyclic) bond motifs is 1. The number of thioether (sulfide) groups is 1. The summed E-state index contributed by atoms with van der Waals surface area (Å²) in [4.78, 5) is 41.2. The van der Waals surface area contributed by atoms with Crippen molar-refractivity contribution >= 4 is 46.0 Å². The summed E-state index contributed by atoms with van der Waals surface area (Å²) in [5.74, 6) is -1.26. The van der Waals surface area contributed by atoms with E-state index in [4.69, 9.17) is 5.73 Å². The minimum Gasteiger partial charge on any atom is -0.481 e. The molecule has 0 aromatic carbocycles. The highest BCUT2D eigenvalue weighted by atomic mass is 32.2. The summed E-state index contributed by atoms with van der Waals surface area (Å²) in [6.07, 6.45) is 1.44. The summed E-state index contributed by atoms with van der Waals surface area (Å²) in [6, 6.07) is -0.630. The van der Waals surface area contributed by atoms with Crippen LogP contribution < -0.4 is 11.1 Å². The lowest BCUT2D eigenvalue weighted by molar-refractivity contribution is -0.156. The van der Waals surface area contributed by atoms with Gasteiger partial charge in [0.2, 0.25) is 11.8 Å². The molecule has 0 saturated carbocycles. The number of nitrogens with two attached hydrogens (primary N) is 1. The predicted octanol–water partition coefficient (Wildman–Crippen LogP) is -0.0753. The van der Waals surface area contributed by atoms with E-state index in [2.05, 4.69) is 16.9 Å². The predicted molar refractivity (Wildman–Crippen MR) is 90.4 cm³/mol. The van der Waals surface area contributed by atoms with Crippen molar-refractivity contribution in [1.82, 2.24) is 15.2 Å². The van der Waals surface area contributed by atoms with Gasteiger partial charge in [-0.25, -0.2) is 4.98 Å². The Kier molecular flexibility index (Phi) is 4.26. The van der Waals surface area contributed by atoms with Crippen molar-refractivity contribution in [2.24, 2.45) is 5.41 Å². The molecule has 2 amide bonds. The number of carbonyl (C=O) groups is 3. The molecule has 8 nitrogen and oxygen atoms in total. The monoisotopic (exact) mass is 368 g/mol. The van der Waals surface area contributed by atoms with Crippen molar-refractivity contribution in [1.29, 1.82) is 0 Å². The van der Waals surface area contributed by atoms with E-state index >= 15 is 0 Å². The van der Waals surface area contributed by atoms with Crippen LogP contribution in [0.15, 0.2) is 18.0 Å². The van der Waals surface area contributed by atoms with Gasteiger partial charge in [0, 0.05) is 17.7 Å². The van der Waals surface area contributed by atoms with E-state index in [1.54, 1.807) is 5.38 Å². The number of hydrogen-bond donors (Lipinski definition) is 3. The fourth-order valence-electron chi connectivity index (χ4n) is 2.73. The van der Waals surface area contributed by atoms with Gasteiger partial charge in [-0.3, -0.25) is 14.4 Å². The number of thiazole rings is 1. The van der Waals surface area contributed by atoms with Crippen LogP contribution in [0.1, 0.15) is 5.69 Å². The molecule has 3 heterocycles. The summed E-state index contributed by atoms with van der Waals surface area (Å²) in [5.41, 5.74) is 4.95. The maximum Gasteiger partial charge on any atom is 0.316 e. The zero-order valence-corrected chi connectivity index (χ0v) is 14.2. The number of amides is 2. The lowest BCUT2D eigenvalue weighted by atomic mass is 9.87. The average molecular weight is 368 g/mol. The molecular weight excluding hydrogens is 352 g/mol. The van der Waals surface area contributed by atoms with Crippen LogP contribution in [0.5, 0.6) is 0 Å². The lowest BCUT2D eigenvalue weighted by Gasteiger charge is -2.53. The van der Waals surface area contributed by atoms with Crippen LogP contribution >= 0.6 is 23.1 Å². The van der Waals surface area contributed by atoms with Crippen molar-refractivity contribution in [3.63, 3.8) is 0 Å². The van der Waals surface area contributed by atoms with Crippen LogP contribution in [-0.2, 0) is 20.8 Å². The van der Waals surface area contributed by atoms with Gasteiger partial charge in [-0.05, 0) is 0 Å². The van der Waals surface area contributed by atoms with Gasteiger partial charge in [-0.15, -0.1) is 29.7 Å². The number of nitrogens with zero attached hydrogens (tertiary/aromatic N) is 2. The molecule has 0 spiro atoms. The summed E-state index contributed by atoms with van der Waals surface area (Å²) in [6.45, 7) is 3.67. The Morgan fingerprint density at radius 3 is 2.96 bits per heavy atom. The minimum absolute atomic E-state index is 0.0561. The van der Waals surface area contributed by atoms with Crippen LogP contribution in [0.2, 0.25) is 0 Å². The van der Waals surface area contributed by atoms with Gasteiger partial charge >= 0.3 is 5.97 Å². The van der Waals surface area contributed by atoms with E-state index in [-0.39, 0.29) is 30.2 Å². The minimum atomic E-state index is -1.13. The number of anilines is 1. The van der Waals surface area contributed by atoms with Gasteiger partial charge in [0.1, 0.15) is 16.8 Å². The van der Waals surface area contributed by atoms with Crippen molar-refractivity contribution in [2.45, 2.75) is 17.8 Å². The van der Waals surface area contributed by atoms with Gasteiger partial charge in [0.05, 0.1) is 12.1 Å². The maximum atomic E-state index is 12.3. The zero-order valence-electron chi connectivity index (χ0n) is 12.6. The molecule has 1 aromatic rings. The molecule has 24 heavy (non-hydrogen) atoms. The third-order valence-electron chi connectivity index (χ3n) is 4.15. The molecule has 0 aliphatic carbocycles. The molecule has 3 rings (SSSR count). The Morgan fingerprint density at radius 2 is 2.38 bits per heavy atom. The van der Waals surface area contributed by atoms with E-state index in [0.717, 1.165) is 0 Å². The first-order valence-corrected chi connectivity index (χ1v) is 9.07. The molecule has 2 aliphatic heterocycles. The summed E-state index contributed by atoms with van der Waals surface area (Å²) in [7, 11) is 0. The average Bonchev–Trinajstić information content (AvgIpc) is 2.96. The third-order valence-corrected chi connectivity index (χ3v) is 6.42. The van der Waals surface area contributed by atoms with Crippen LogP contribution in [0.3, 0.4) is 0 Å². The summed E-state index contributed by atoms with van der Waals surface area (Å²) < 4.78 is 0. The fraction of sp³-hybridized carbons (Fsp3) is 0.429. The molecule has 10 heteroatoms. The Morgan fingerprint density at radius 1 is 1.62 bits per heavy atom. The number of aliphatic carboxylic acids is 1. The number of carbonyl (C=O) groups excluding carboxylic acids is 2. The first-order chi connectivity index (χ1) is 11.4. The SMILES string of the molecule is C=CC1(C(=O)O)CS[C@@H]2C(NC(=O)Cc3csc(N)n3)C(=O)N2C1. The molecule has 4 N–H and O–H groups in total. The molecule has 1 aromatic heterocycles. The third kappa shape index (κ3) is 2.75. The molecule has 3 atom stereocenters. The van der Waals surface area contributed by atoms with Crippen LogP contribution in [0.4, 0.5) is 5.13 Å². The standard InChI is InChI=1S/C14H16N4O4S2/c1-2-14(12(21)22)5-18-10(20)9(11(18)24-6-14)17-8(19)3-7-4-23-13(15)16-7/h2,4,9,11H,1,3,5-6H2,(H2,15,16)(H,17,19)(H,21,22)/t9?,11-,14?/m1/s1. The topological polar surface area (TPSA) is 126 Å². The van der Waals surface area contributed by atoms with Crippen molar-refractivity contribution in [3.05, 3.63) is 23.7 Å². The Bertz CT molecular complexity index is 721. The zero-order chi connectivity index (χ0) is 17.5. The number of rotatable bonds is 5. The number of hydrogen-bond acceptors (Lipinski definition) is 7. The van der Waals surface area contributed by atoms with Crippen LogP contribution in [-0.4, -0.2) is 56.5 Å². The van der Waals surface area contributed by atoms with E-state index in [1.165, 1.54) is 34.1 Å². The number of nitrogens with one attached hydrogen (secondary N) is 1. The van der Waals surface area contributed by atoms with Crippen molar-refractivity contribution < 1.29 is 19.5 Å². The van der Waals surface area contributed by atoms with Gasteiger partial charge in [0.15, 0.2) is 5.13 Å². The van der Waals surface area contributed by atoms with E-state index in [0.29, 0.717) is 16.6 Å². The molecule has 0 radical (unpaired) electrons. The number of aromatic nitrogens is 1. The summed E-state index contributed by atoms with van der Waals surface area (Å²) >= 11 is 2.59. The normalized spacial score (nSPS) is 28.7. The number of carboxylic acids is 1. The fourth-order valence-corrected chi connectivity index (χ4v) is 4.83. The maximum absolute atomic E-state index is 12.3. The highest BCUT2D eigenvalue weighted by Gasteiger charge is 2.56. The first-order valence-electron chi connectivity index (χ1n) is 7.14. The quantitative estimate of drug-likeness (QED) is 0.490. The molecule has 128 valence electrons. The lowest BCUT2D eigenvalue weighted by Crippen LogP contribution is -2.73. The molecule has 2 unspecified atom stereocenters. The van der Waals surface area contributed by atoms with E-state index in [1.807, 2.05) is 0 Å². The molecule has 0 bridgehead atoms. The van der Waals surface area contributed by atoms with E-state index < -0.39 is 17.4 Å². The largest absolute Gasteiger partial charge is 0.481 e.